The molecular formula is C13H16O. The highest BCUT2D eigenvalue weighted by atomic mass is 16.3. The number of hydrogen-bond acceptors (Lipinski definition) is 1. The van der Waals surface area contributed by atoms with E-state index in [1.807, 2.05) is 13.0 Å². The fraction of sp³-hybridized carbons (Fsp3) is 0.385. The first kappa shape index (κ1) is 9.32. The van der Waals surface area contributed by atoms with Crippen molar-refractivity contribution in [3.63, 3.8) is 0 Å². The van der Waals surface area contributed by atoms with E-state index in [0.29, 0.717) is 11.7 Å². The molecule has 2 rings (SSSR count). The van der Waals surface area contributed by atoms with Crippen molar-refractivity contribution in [1.82, 2.24) is 0 Å². The van der Waals surface area contributed by atoms with E-state index in [4.69, 9.17) is 0 Å². The van der Waals surface area contributed by atoms with Crippen molar-refractivity contribution < 1.29 is 5.11 Å². The molecule has 1 aliphatic carbocycles. The van der Waals surface area contributed by atoms with Crippen LogP contribution in [0, 0.1) is 13.8 Å². The summed E-state index contributed by atoms with van der Waals surface area (Å²) in [6, 6.07) is 4.13. The Morgan fingerprint density at radius 3 is 2.71 bits per heavy atom. The number of phenols is 1. The van der Waals surface area contributed by atoms with Crippen LogP contribution in [0.15, 0.2) is 24.3 Å². The third kappa shape index (κ3) is 1.54. The van der Waals surface area contributed by atoms with Crippen LogP contribution >= 0.6 is 0 Å². The van der Waals surface area contributed by atoms with Gasteiger partial charge in [0.05, 0.1) is 0 Å². The highest BCUT2D eigenvalue weighted by Gasteiger charge is 2.16. The van der Waals surface area contributed by atoms with Crippen molar-refractivity contribution in [1.29, 1.82) is 0 Å². The molecule has 0 aromatic heterocycles. The molecule has 1 N–H and O–H groups in total. The van der Waals surface area contributed by atoms with Gasteiger partial charge in [0.2, 0.25) is 0 Å². The number of benzene rings is 1. The quantitative estimate of drug-likeness (QED) is 0.669. The Morgan fingerprint density at radius 1 is 1.29 bits per heavy atom. The van der Waals surface area contributed by atoms with E-state index in [0.717, 1.165) is 24.0 Å². The maximum Gasteiger partial charge on any atom is 0.122 e. The molecule has 0 aliphatic heterocycles. The van der Waals surface area contributed by atoms with Gasteiger partial charge in [0.15, 0.2) is 0 Å². The summed E-state index contributed by atoms with van der Waals surface area (Å²) in [6.45, 7) is 4.04. The largest absolute Gasteiger partial charge is 0.507 e. The Labute approximate surface area is 85.1 Å². The average molecular weight is 188 g/mol. The number of hydrogen-bond donors (Lipinski definition) is 1. The minimum Gasteiger partial charge on any atom is -0.507 e. The number of rotatable bonds is 1. The van der Waals surface area contributed by atoms with E-state index in [2.05, 4.69) is 25.1 Å². The summed E-state index contributed by atoms with van der Waals surface area (Å²) in [5.41, 5.74) is 3.31. The minimum absolute atomic E-state index is 0.425. The number of aryl methyl sites for hydroxylation is 2. The zero-order valence-corrected chi connectivity index (χ0v) is 8.75. The molecule has 0 radical (unpaired) electrons. The average Bonchev–Trinajstić information content (AvgIpc) is 2.63. The van der Waals surface area contributed by atoms with Crippen molar-refractivity contribution in [2.75, 3.05) is 0 Å². The predicted octanol–water partition coefficient (Wildman–Crippen LogP) is 3.44. The van der Waals surface area contributed by atoms with Crippen LogP contribution in [0.4, 0.5) is 0 Å². The lowest BCUT2D eigenvalue weighted by Crippen LogP contribution is -1.94. The first-order chi connectivity index (χ1) is 6.68. The monoisotopic (exact) mass is 188 g/mol. The second-order valence-corrected chi connectivity index (χ2v) is 4.13. The first-order valence-electron chi connectivity index (χ1n) is 5.15. The van der Waals surface area contributed by atoms with Crippen LogP contribution < -0.4 is 0 Å². The molecule has 0 bridgehead atoms. The molecule has 1 aliphatic rings. The zero-order valence-electron chi connectivity index (χ0n) is 8.75. The third-order valence-electron chi connectivity index (χ3n) is 2.89. The highest BCUT2D eigenvalue weighted by molar-refractivity contribution is 5.46. The summed E-state index contributed by atoms with van der Waals surface area (Å²) in [6.07, 6.45) is 6.67. The molecule has 1 heteroatoms. The van der Waals surface area contributed by atoms with Crippen LogP contribution in [-0.4, -0.2) is 5.11 Å². The molecule has 0 saturated carbocycles. The van der Waals surface area contributed by atoms with E-state index in [9.17, 15) is 5.11 Å². The molecule has 1 aromatic carbocycles. The standard InChI is InChI=1S/C13H16O/c1-9-7-10(2)13(14)12(8-9)11-5-3-4-6-11/h3,5,7-8,11,14H,4,6H2,1-2H3/t11-/m0/s1. The molecule has 0 heterocycles. The van der Waals surface area contributed by atoms with Gasteiger partial charge in [-0.2, -0.15) is 0 Å². The van der Waals surface area contributed by atoms with Gasteiger partial charge in [-0.1, -0.05) is 29.8 Å². The molecule has 0 saturated heterocycles. The van der Waals surface area contributed by atoms with Crippen LogP contribution in [-0.2, 0) is 0 Å². The van der Waals surface area contributed by atoms with Gasteiger partial charge < -0.3 is 5.11 Å². The first-order valence-corrected chi connectivity index (χ1v) is 5.15. The van der Waals surface area contributed by atoms with E-state index in [1.165, 1.54) is 5.56 Å². The van der Waals surface area contributed by atoms with Gasteiger partial charge in [-0.3, -0.25) is 0 Å². The van der Waals surface area contributed by atoms with Gasteiger partial charge in [0.1, 0.15) is 5.75 Å². The summed E-state index contributed by atoms with van der Waals surface area (Å²) >= 11 is 0. The third-order valence-corrected chi connectivity index (χ3v) is 2.89. The Morgan fingerprint density at radius 2 is 2.07 bits per heavy atom. The summed E-state index contributed by atoms with van der Waals surface area (Å²) in [5, 5.41) is 9.95. The highest BCUT2D eigenvalue weighted by Crippen LogP contribution is 2.36. The maximum absolute atomic E-state index is 9.95. The summed E-state index contributed by atoms with van der Waals surface area (Å²) in [7, 11) is 0. The van der Waals surface area contributed by atoms with Gasteiger partial charge in [-0.05, 0) is 32.3 Å². The van der Waals surface area contributed by atoms with Gasteiger partial charge in [-0.25, -0.2) is 0 Å². The molecule has 0 fully saturated rings. The van der Waals surface area contributed by atoms with Crippen molar-refractivity contribution >= 4 is 0 Å². The normalized spacial score (nSPS) is 20.3. The summed E-state index contributed by atoms with van der Waals surface area (Å²) in [5.74, 6) is 0.903. The Kier molecular flexibility index (Phi) is 2.32. The fourth-order valence-corrected chi connectivity index (χ4v) is 2.17. The van der Waals surface area contributed by atoms with Crippen LogP contribution in [0.1, 0.15) is 35.4 Å². The smallest absolute Gasteiger partial charge is 0.122 e. The van der Waals surface area contributed by atoms with Crippen LogP contribution in [0.2, 0.25) is 0 Å². The fourth-order valence-electron chi connectivity index (χ4n) is 2.17. The predicted molar refractivity (Wildman–Crippen MR) is 58.7 cm³/mol. The van der Waals surface area contributed by atoms with Gasteiger partial charge in [0.25, 0.3) is 0 Å². The Bertz CT molecular complexity index is 377. The molecule has 74 valence electrons. The molecule has 0 unspecified atom stereocenters. The molecule has 1 atom stereocenters. The minimum atomic E-state index is 0.425. The topological polar surface area (TPSA) is 20.2 Å². The molecule has 0 spiro atoms. The lowest BCUT2D eigenvalue weighted by Gasteiger charge is -2.13. The summed E-state index contributed by atoms with van der Waals surface area (Å²) < 4.78 is 0. The lowest BCUT2D eigenvalue weighted by molar-refractivity contribution is 0.460. The molecule has 1 aromatic rings. The lowest BCUT2D eigenvalue weighted by atomic mass is 9.94. The van der Waals surface area contributed by atoms with E-state index < -0.39 is 0 Å². The summed E-state index contributed by atoms with van der Waals surface area (Å²) in [4.78, 5) is 0. The van der Waals surface area contributed by atoms with Gasteiger partial charge >= 0.3 is 0 Å². The SMILES string of the molecule is Cc1cc(C)c(O)c([C@H]2C=CCC2)c1. The molecule has 14 heavy (non-hydrogen) atoms. The van der Waals surface area contributed by atoms with Crippen molar-refractivity contribution in [2.45, 2.75) is 32.6 Å². The maximum atomic E-state index is 9.95. The van der Waals surface area contributed by atoms with Crippen molar-refractivity contribution in [3.05, 3.63) is 41.0 Å². The van der Waals surface area contributed by atoms with Crippen LogP contribution in [0.3, 0.4) is 0 Å². The number of aromatic hydroxyl groups is 1. The second kappa shape index (κ2) is 3.49. The van der Waals surface area contributed by atoms with E-state index in [-0.39, 0.29) is 0 Å². The Balaban J connectivity index is 2.46. The van der Waals surface area contributed by atoms with Gasteiger partial charge in [0, 0.05) is 11.5 Å². The van der Waals surface area contributed by atoms with Crippen molar-refractivity contribution in [3.8, 4) is 5.75 Å². The van der Waals surface area contributed by atoms with E-state index >= 15 is 0 Å². The number of allylic oxidation sites excluding steroid dienone is 2. The second-order valence-electron chi connectivity index (χ2n) is 4.13. The Hall–Kier alpha value is -1.24. The molecule has 1 nitrogen and oxygen atoms in total. The van der Waals surface area contributed by atoms with Crippen molar-refractivity contribution in [2.24, 2.45) is 0 Å². The van der Waals surface area contributed by atoms with Gasteiger partial charge in [-0.15, -0.1) is 0 Å². The molecular weight excluding hydrogens is 172 g/mol. The zero-order chi connectivity index (χ0) is 10.1. The van der Waals surface area contributed by atoms with Crippen LogP contribution in [0.25, 0.3) is 0 Å². The molecule has 0 amide bonds. The van der Waals surface area contributed by atoms with Crippen LogP contribution in [0.5, 0.6) is 5.75 Å². The number of phenolic OH excluding ortho intramolecular Hbond substituents is 1. The van der Waals surface area contributed by atoms with E-state index in [1.54, 1.807) is 0 Å².